The van der Waals surface area contributed by atoms with Crippen LogP contribution in [0.15, 0.2) is 39.4 Å². The highest BCUT2D eigenvalue weighted by atomic mass is 35.5. The van der Waals surface area contributed by atoms with Gasteiger partial charge in [-0.1, -0.05) is 34.8 Å². The molecule has 5 heteroatoms. The van der Waals surface area contributed by atoms with Crippen LogP contribution in [0.3, 0.4) is 0 Å². The van der Waals surface area contributed by atoms with E-state index in [1.165, 1.54) is 12.1 Å². The molecule has 0 heterocycles. The molecule has 0 bridgehead atoms. The lowest BCUT2D eigenvalue weighted by atomic mass is 9.90. The molecule has 1 aromatic carbocycles. The average molecular weight is 321 g/mol. The number of anilines is 1. The van der Waals surface area contributed by atoms with Gasteiger partial charge in [-0.05, 0) is 36.3 Å². The van der Waals surface area contributed by atoms with Crippen molar-refractivity contribution in [1.29, 1.82) is 0 Å². The van der Waals surface area contributed by atoms with Gasteiger partial charge in [0.1, 0.15) is 5.82 Å². The molecule has 2 rings (SSSR count). The lowest BCUT2D eigenvalue weighted by Crippen LogP contribution is -2.15. The highest BCUT2D eigenvalue weighted by Crippen LogP contribution is 2.44. The SMILES string of the molecule is CN(C)c1ccc(F)cc1C1CC(Cl)=CC(Cl)=C1Cl. The number of allylic oxidation sites excluding steroid dienone is 4. The van der Waals surface area contributed by atoms with E-state index in [-0.39, 0.29) is 11.7 Å². The maximum atomic E-state index is 13.5. The van der Waals surface area contributed by atoms with Gasteiger partial charge in [-0.3, -0.25) is 0 Å². The van der Waals surface area contributed by atoms with E-state index in [0.29, 0.717) is 21.5 Å². The summed E-state index contributed by atoms with van der Waals surface area (Å²) >= 11 is 18.4. The summed E-state index contributed by atoms with van der Waals surface area (Å²) in [4.78, 5) is 1.92. The zero-order valence-corrected chi connectivity index (χ0v) is 12.8. The fourth-order valence-electron chi connectivity index (χ4n) is 2.17. The number of hydrogen-bond acceptors (Lipinski definition) is 1. The third-order valence-corrected chi connectivity index (χ3v) is 4.20. The zero-order chi connectivity index (χ0) is 14.2. The molecule has 0 spiro atoms. The molecule has 0 saturated carbocycles. The lowest BCUT2D eigenvalue weighted by molar-refractivity contribution is 0.623. The predicted molar refractivity (Wildman–Crippen MR) is 80.8 cm³/mol. The summed E-state index contributed by atoms with van der Waals surface area (Å²) in [5.41, 5.74) is 1.69. The van der Waals surface area contributed by atoms with Gasteiger partial charge in [0.2, 0.25) is 0 Å². The minimum Gasteiger partial charge on any atom is -0.377 e. The molecule has 1 nitrogen and oxygen atoms in total. The van der Waals surface area contributed by atoms with Gasteiger partial charge in [-0.15, -0.1) is 0 Å². The van der Waals surface area contributed by atoms with Gasteiger partial charge in [0.05, 0.1) is 5.03 Å². The summed E-state index contributed by atoms with van der Waals surface area (Å²) in [7, 11) is 3.80. The van der Waals surface area contributed by atoms with Crippen LogP contribution in [0, 0.1) is 5.82 Å². The quantitative estimate of drug-likeness (QED) is 0.724. The maximum absolute atomic E-state index is 13.5. The Hall–Kier alpha value is -0.700. The summed E-state index contributed by atoms with van der Waals surface area (Å²) in [6.45, 7) is 0. The molecule has 0 aromatic heterocycles. The van der Waals surface area contributed by atoms with Crippen LogP contribution < -0.4 is 4.90 Å². The number of halogens is 4. The minimum atomic E-state index is -0.299. The third-order valence-electron chi connectivity index (χ3n) is 3.06. The molecule has 1 atom stereocenters. The van der Waals surface area contributed by atoms with Crippen molar-refractivity contribution < 1.29 is 4.39 Å². The van der Waals surface area contributed by atoms with Crippen LogP contribution in [-0.4, -0.2) is 14.1 Å². The fourth-order valence-corrected chi connectivity index (χ4v) is 3.01. The topological polar surface area (TPSA) is 3.24 Å². The first-order chi connectivity index (χ1) is 8.90. The first-order valence-corrected chi connectivity index (χ1v) is 6.91. The zero-order valence-electron chi connectivity index (χ0n) is 10.6. The van der Waals surface area contributed by atoms with E-state index in [9.17, 15) is 4.39 Å². The van der Waals surface area contributed by atoms with Gasteiger partial charge < -0.3 is 4.90 Å². The van der Waals surface area contributed by atoms with Crippen molar-refractivity contribution in [2.45, 2.75) is 12.3 Å². The van der Waals surface area contributed by atoms with Crippen LogP contribution in [0.1, 0.15) is 17.9 Å². The Bertz CT molecular complexity index is 564. The van der Waals surface area contributed by atoms with Gasteiger partial charge in [-0.2, -0.15) is 0 Å². The Balaban J connectivity index is 2.53. The summed E-state index contributed by atoms with van der Waals surface area (Å²) < 4.78 is 13.5. The molecule has 1 aromatic rings. The number of benzene rings is 1. The first kappa shape index (κ1) is 14.7. The monoisotopic (exact) mass is 319 g/mol. The molecule has 1 aliphatic carbocycles. The van der Waals surface area contributed by atoms with Crippen LogP contribution in [0.2, 0.25) is 0 Å². The molecule has 0 radical (unpaired) electrons. The van der Waals surface area contributed by atoms with E-state index in [0.717, 1.165) is 11.3 Å². The number of nitrogens with zero attached hydrogens (tertiary/aromatic N) is 1. The minimum absolute atomic E-state index is 0.209. The molecule has 19 heavy (non-hydrogen) atoms. The van der Waals surface area contributed by atoms with E-state index >= 15 is 0 Å². The highest BCUT2D eigenvalue weighted by Gasteiger charge is 2.26. The molecule has 1 aliphatic rings. The van der Waals surface area contributed by atoms with E-state index < -0.39 is 0 Å². The van der Waals surface area contributed by atoms with Crippen LogP contribution in [0.25, 0.3) is 0 Å². The number of hydrogen-bond donors (Lipinski definition) is 0. The van der Waals surface area contributed by atoms with Gasteiger partial charge >= 0.3 is 0 Å². The maximum Gasteiger partial charge on any atom is 0.123 e. The van der Waals surface area contributed by atoms with Crippen molar-refractivity contribution in [2.75, 3.05) is 19.0 Å². The first-order valence-electron chi connectivity index (χ1n) is 5.78. The summed E-state index contributed by atoms with van der Waals surface area (Å²) in [6.07, 6.45) is 2.16. The second kappa shape index (κ2) is 5.74. The molecule has 0 N–H and O–H groups in total. The van der Waals surface area contributed by atoms with Gasteiger partial charge in [-0.25, -0.2) is 4.39 Å². The molecule has 0 saturated heterocycles. The Morgan fingerprint density at radius 1 is 1.21 bits per heavy atom. The normalized spacial score (nSPS) is 19.5. The van der Waals surface area contributed by atoms with Crippen LogP contribution >= 0.6 is 34.8 Å². The molecule has 0 fully saturated rings. The Kier molecular flexibility index (Phi) is 4.44. The summed E-state index contributed by atoms with van der Waals surface area (Å²) in [6, 6.07) is 4.65. The molecule has 1 unspecified atom stereocenters. The van der Waals surface area contributed by atoms with Crippen molar-refractivity contribution in [3.63, 3.8) is 0 Å². The van der Waals surface area contributed by atoms with Crippen molar-refractivity contribution >= 4 is 40.5 Å². The van der Waals surface area contributed by atoms with Gasteiger partial charge in [0, 0.05) is 35.8 Å². The van der Waals surface area contributed by atoms with E-state index in [1.807, 2.05) is 19.0 Å². The Morgan fingerprint density at radius 2 is 1.89 bits per heavy atom. The Labute approximate surface area is 127 Å². The van der Waals surface area contributed by atoms with Crippen LogP contribution in [0.4, 0.5) is 10.1 Å². The smallest absolute Gasteiger partial charge is 0.123 e. The second-order valence-corrected chi connectivity index (χ2v) is 5.94. The average Bonchev–Trinajstić information content (AvgIpc) is 2.33. The summed E-state index contributed by atoms with van der Waals surface area (Å²) in [5.74, 6) is -0.508. The van der Waals surface area contributed by atoms with Gasteiger partial charge in [0.25, 0.3) is 0 Å². The Morgan fingerprint density at radius 3 is 2.53 bits per heavy atom. The molecule has 0 aliphatic heterocycles. The molecule has 0 amide bonds. The highest BCUT2D eigenvalue weighted by molar-refractivity contribution is 6.42. The van der Waals surface area contributed by atoms with Crippen molar-refractivity contribution in [1.82, 2.24) is 0 Å². The molecular weight excluding hydrogens is 308 g/mol. The summed E-state index contributed by atoms with van der Waals surface area (Å²) in [5, 5.41) is 1.53. The lowest BCUT2D eigenvalue weighted by Gasteiger charge is -2.26. The molecule has 102 valence electrons. The standard InChI is InChI=1S/C14H13Cl3FN/c1-19(2)13-4-3-9(18)7-10(13)11-5-8(15)6-12(16)14(11)17/h3-4,6-7,11H,5H2,1-2H3. The fraction of sp³-hybridized carbons (Fsp3) is 0.286. The van der Waals surface area contributed by atoms with E-state index in [1.54, 1.807) is 12.1 Å². The van der Waals surface area contributed by atoms with Gasteiger partial charge in [0.15, 0.2) is 0 Å². The second-order valence-electron chi connectivity index (χ2n) is 4.64. The predicted octanol–water partition coefficient (Wildman–Crippen LogP) is 5.19. The third kappa shape index (κ3) is 3.07. The molecular formula is C14H13Cl3FN. The van der Waals surface area contributed by atoms with Crippen LogP contribution in [0.5, 0.6) is 0 Å². The van der Waals surface area contributed by atoms with Crippen molar-refractivity contribution in [2.24, 2.45) is 0 Å². The van der Waals surface area contributed by atoms with E-state index in [4.69, 9.17) is 34.8 Å². The number of rotatable bonds is 2. The van der Waals surface area contributed by atoms with E-state index in [2.05, 4.69) is 0 Å². The van der Waals surface area contributed by atoms with Crippen LogP contribution in [-0.2, 0) is 0 Å². The van der Waals surface area contributed by atoms with Crippen molar-refractivity contribution in [3.8, 4) is 0 Å². The largest absolute Gasteiger partial charge is 0.377 e. The van der Waals surface area contributed by atoms with Crippen molar-refractivity contribution in [3.05, 3.63) is 50.8 Å².